The molecule has 3 heteroatoms. The van der Waals surface area contributed by atoms with Gasteiger partial charge >= 0.3 is 0 Å². The zero-order valence-electron chi connectivity index (χ0n) is 20.2. The van der Waals surface area contributed by atoms with Crippen LogP contribution in [0.1, 0.15) is 85.0 Å². The molecule has 0 bridgehead atoms. The van der Waals surface area contributed by atoms with Gasteiger partial charge in [0.05, 0.1) is 12.2 Å². The van der Waals surface area contributed by atoms with Gasteiger partial charge in [-0.3, -0.25) is 0 Å². The van der Waals surface area contributed by atoms with Crippen LogP contribution in [0.2, 0.25) is 0 Å². The molecule has 1 heterocycles. The summed E-state index contributed by atoms with van der Waals surface area (Å²) in [6, 6.07) is 0.754. The smallest absolute Gasteiger partial charge is 0.0811 e. The second-order valence-corrected chi connectivity index (χ2v) is 11.5. The van der Waals surface area contributed by atoms with Gasteiger partial charge in [0.2, 0.25) is 0 Å². The van der Waals surface area contributed by atoms with E-state index in [0.29, 0.717) is 24.2 Å². The Bertz CT molecular complexity index is 725. The molecule has 174 valence electrons. The second kappa shape index (κ2) is 9.53. The van der Waals surface area contributed by atoms with E-state index >= 15 is 0 Å². The first kappa shape index (κ1) is 23.3. The van der Waals surface area contributed by atoms with Gasteiger partial charge in [-0.05, 0) is 99.1 Å². The van der Waals surface area contributed by atoms with Crippen LogP contribution in [0.4, 0.5) is 0 Å². The van der Waals surface area contributed by atoms with Gasteiger partial charge in [-0.25, -0.2) is 0 Å². The van der Waals surface area contributed by atoms with Gasteiger partial charge in [-0.15, -0.1) is 0 Å². The molecule has 0 aromatic rings. The largest absolute Gasteiger partial charge is 0.393 e. The van der Waals surface area contributed by atoms with Crippen LogP contribution in [0.25, 0.3) is 0 Å². The van der Waals surface area contributed by atoms with Crippen molar-refractivity contribution in [2.75, 3.05) is 13.1 Å². The summed E-state index contributed by atoms with van der Waals surface area (Å²) in [5, 5.41) is 20.2. The summed E-state index contributed by atoms with van der Waals surface area (Å²) >= 11 is 0. The Labute approximate surface area is 190 Å². The highest BCUT2D eigenvalue weighted by Gasteiger charge is 2.50. The van der Waals surface area contributed by atoms with Crippen molar-refractivity contribution in [2.45, 2.75) is 103 Å². The molecule has 3 aliphatic carbocycles. The van der Waals surface area contributed by atoms with Crippen LogP contribution >= 0.6 is 0 Å². The van der Waals surface area contributed by atoms with E-state index in [1.807, 2.05) is 0 Å². The van der Waals surface area contributed by atoms with Crippen LogP contribution in [0.3, 0.4) is 0 Å². The van der Waals surface area contributed by atoms with Crippen molar-refractivity contribution in [3.63, 3.8) is 0 Å². The molecule has 0 aromatic heterocycles. The van der Waals surface area contributed by atoms with Crippen LogP contribution < -0.4 is 0 Å². The number of fused-ring (bicyclic) bond motifs is 1. The fourth-order valence-corrected chi connectivity index (χ4v) is 7.61. The van der Waals surface area contributed by atoms with Crippen molar-refractivity contribution in [1.82, 2.24) is 4.90 Å². The minimum Gasteiger partial charge on any atom is -0.393 e. The summed E-state index contributed by atoms with van der Waals surface area (Å²) in [5.74, 6) is 2.27. The maximum atomic E-state index is 10.2. The van der Waals surface area contributed by atoms with E-state index < -0.39 is 12.2 Å². The summed E-state index contributed by atoms with van der Waals surface area (Å²) in [4.78, 5) is 2.76. The Balaban J connectivity index is 1.48. The molecule has 1 saturated heterocycles. The highest BCUT2D eigenvalue weighted by molar-refractivity contribution is 5.38. The molecule has 3 saturated carbocycles. The van der Waals surface area contributed by atoms with Gasteiger partial charge in [0.1, 0.15) is 0 Å². The highest BCUT2D eigenvalue weighted by Crippen LogP contribution is 2.59. The first-order chi connectivity index (χ1) is 14.8. The normalized spacial score (nSPS) is 43.4. The maximum Gasteiger partial charge on any atom is 0.0811 e. The number of rotatable bonds is 4. The van der Waals surface area contributed by atoms with Gasteiger partial charge in [-0.2, -0.15) is 0 Å². The fourth-order valence-electron chi connectivity index (χ4n) is 7.61. The van der Waals surface area contributed by atoms with Gasteiger partial charge in [-0.1, -0.05) is 44.6 Å². The Kier molecular flexibility index (Phi) is 7.15. The van der Waals surface area contributed by atoms with Crippen molar-refractivity contribution >= 4 is 0 Å². The van der Waals surface area contributed by atoms with Crippen LogP contribution in [-0.4, -0.2) is 46.5 Å². The number of likely N-dealkylation sites (tertiary alicyclic amines) is 1. The number of hydrogen-bond acceptors (Lipinski definition) is 3. The number of piperidine rings is 1. The number of aliphatic hydroxyl groups is 2. The quantitative estimate of drug-likeness (QED) is 0.610. The fraction of sp³-hybridized carbons (Fsp3) is 0.786. The van der Waals surface area contributed by atoms with Crippen LogP contribution in [-0.2, 0) is 0 Å². The summed E-state index contributed by atoms with van der Waals surface area (Å²) in [6.07, 6.45) is 15.2. The molecule has 31 heavy (non-hydrogen) atoms. The first-order valence-electron chi connectivity index (χ1n) is 13.0. The van der Waals surface area contributed by atoms with Crippen molar-refractivity contribution in [1.29, 1.82) is 0 Å². The van der Waals surface area contributed by atoms with Crippen molar-refractivity contribution in [2.24, 2.45) is 23.2 Å². The van der Waals surface area contributed by atoms with Gasteiger partial charge in [0.25, 0.3) is 0 Å². The lowest BCUT2D eigenvalue weighted by molar-refractivity contribution is 0.0598. The number of aliphatic hydroxyl groups excluding tert-OH is 2. The van der Waals surface area contributed by atoms with Crippen molar-refractivity contribution < 1.29 is 10.2 Å². The lowest BCUT2D eigenvalue weighted by Gasteiger charge is -2.46. The predicted octanol–water partition coefficient (Wildman–Crippen LogP) is 5.64. The lowest BCUT2D eigenvalue weighted by atomic mass is 9.61. The first-order valence-corrected chi connectivity index (χ1v) is 13.0. The van der Waals surface area contributed by atoms with E-state index in [-0.39, 0.29) is 0 Å². The van der Waals surface area contributed by atoms with Gasteiger partial charge in [0, 0.05) is 19.0 Å². The van der Waals surface area contributed by atoms with E-state index in [1.165, 1.54) is 64.5 Å². The molecule has 1 aliphatic heterocycles. The molecule has 0 spiro atoms. The van der Waals surface area contributed by atoms with Crippen molar-refractivity contribution in [3.05, 3.63) is 35.5 Å². The monoisotopic (exact) mass is 427 g/mol. The average molecular weight is 428 g/mol. The molecule has 0 amide bonds. The molecule has 0 aromatic carbocycles. The molecule has 4 aliphatic rings. The van der Waals surface area contributed by atoms with E-state index in [0.717, 1.165) is 29.0 Å². The molecule has 3 nitrogen and oxygen atoms in total. The average Bonchev–Trinajstić information content (AvgIpc) is 3.09. The molecule has 0 radical (unpaired) electrons. The molecule has 2 N–H and O–H groups in total. The Morgan fingerprint density at radius 3 is 2.74 bits per heavy atom. The second-order valence-electron chi connectivity index (χ2n) is 11.5. The summed E-state index contributed by atoms with van der Waals surface area (Å²) in [6.45, 7) is 14.2. The van der Waals surface area contributed by atoms with E-state index in [2.05, 4.69) is 44.4 Å². The topological polar surface area (TPSA) is 43.7 Å². The molecule has 4 fully saturated rings. The van der Waals surface area contributed by atoms with E-state index in [4.69, 9.17) is 0 Å². The van der Waals surface area contributed by atoms with Gasteiger partial charge in [0.15, 0.2) is 0 Å². The molecule has 2 unspecified atom stereocenters. The molecular formula is C28H45NO2. The van der Waals surface area contributed by atoms with Gasteiger partial charge < -0.3 is 15.1 Å². The minimum atomic E-state index is -0.598. The SMILES string of the molecule is C=C1/C(=C/C=C2\CCC[C@]3(C)[C@@H]([C@H](C)CN4CCCC[C@H]4C)CC[C@@H]23)CC(O)CC1O. The number of hydrogen-bond donors (Lipinski definition) is 2. The maximum absolute atomic E-state index is 10.2. The molecular weight excluding hydrogens is 382 g/mol. The van der Waals surface area contributed by atoms with E-state index in [1.54, 1.807) is 5.57 Å². The zero-order chi connectivity index (χ0) is 22.2. The van der Waals surface area contributed by atoms with Crippen LogP contribution in [0.5, 0.6) is 0 Å². The standard InChI is InChI=1S/C28H45NO2/c1-19(18-29-15-6-5-8-20(29)2)25-12-13-26-22(9-7-14-28(25,26)4)10-11-23-16-24(30)17-27(31)21(23)3/h10-11,19-20,24-27,30-31H,3,5-9,12-18H2,1-2,4H3/b22-10+,23-11+/t19-,20-,24?,25-,26+,27?,28-/m1/s1. The summed E-state index contributed by atoms with van der Waals surface area (Å²) in [7, 11) is 0. The Morgan fingerprint density at radius 2 is 1.97 bits per heavy atom. The Morgan fingerprint density at radius 1 is 1.16 bits per heavy atom. The third-order valence-electron chi connectivity index (χ3n) is 9.45. The zero-order valence-corrected chi connectivity index (χ0v) is 20.2. The number of nitrogens with zero attached hydrogens (tertiary/aromatic N) is 1. The Hall–Kier alpha value is -0.900. The van der Waals surface area contributed by atoms with Crippen LogP contribution in [0.15, 0.2) is 35.5 Å². The van der Waals surface area contributed by atoms with Crippen molar-refractivity contribution in [3.8, 4) is 0 Å². The third kappa shape index (κ3) is 4.75. The van der Waals surface area contributed by atoms with E-state index in [9.17, 15) is 10.2 Å². The predicted molar refractivity (Wildman–Crippen MR) is 129 cm³/mol. The molecule has 4 rings (SSSR count). The van der Waals surface area contributed by atoms with Crippen LogP contribution in [0, 0.1) is 23.2 Å². The third-order valence-corrected chi connectivity index (χ3v) is 9.45. The molecule has 7 atom stereocenters. The summed E-state index contributed by atoms with van der Waals surface area (Å²) in [5.41, 5.74) is 3.86. The summed E-state index contributed by atoms with van der Waals surface area (Å²) < 4.78 is 0. The minimum absolute atomic E-state index is 0.419. The number of allylic oxidation sites excluding steroid dienone is 3. The lowest BCUT2D eigenvalue weighted by Crippen LogP contribution is -2.44. The highest BCUT2D eigenvalue weighted by atomic mass is 16.3.